The van der Waals surface area contributed by atoms with E-state index >= 15 is 0 Å². The topological polar surface area (TPSA) is 53.6 Å². The minimum atomic E-state index is 0. The number of ether oxygens (including phenoxy) is 1. The summed E-state index contributed by atoms with van der Waals surface area (Å²) >= 11 is 0. The van der Waals surface area contributed by atoms with Gasteiger partial charge < -0.3 is 15.4 Å². The number of rotatable bonds is 9. The fourth-order valence-electron chi connectivity index (χ4n) is 3.11. The van der Waals surface area contributed by atoms with Crippen LogP contribution in [0.3, 0.4) is 0 Å². The van der Waals surface area contributed by atoms with E-state index in [4.69, 9.17) is 4.74 Å². The molecule has 150 valence electrons. The van der Waals surface area contributed by atoms with Crippen molar-refractivity contribution in [2.24, 2.45) is 5.92 Å². The molecular weight excluding hydrogens is 373 g/mol. The summed E-state index contributed by atoms with van der Waals surface area (Å²) in [7, 11) is 3.61. The van der Waals surface area contributed by atoms with Gasteiger partial charge in [-0.05, 0) is 69.6 Å². The standard InChI is InChI=1S/C19H31N3O2.2ClH/c1-20-11-3-4-19(23)21-14-16-9-12-22(13-10-16)15-17-5-7-18(24-2)8-6-17;;/h5-8,16,20H,3-4,9-15H2,1-2H3,(H,21,23);2*1H. The first kappa shape index (κ1) is 25.0. The number of nitrogens with one attached hydrogen (secondary N) is 2. The van der Waals surface area contributed by atoms with E-state index in [1.807, 2.05) is 19.2 Å². The van der Waals surface area contributed by atoms with E-state index in [-0.39, 0.29) is 30.7 Å². The van der Waals surface area contributed by atoms with E-state index in [0.29, 0.717) is 12.3 Å². The molecule has 1 amide bonds. The van der Waals surface area contributed by atoms with Gasteiger partial charge in [0.1, 0.15) is 5.75 Å². The number of methoxy groups -OCH3 is 1. The summed E-state index contributed by atoms with van der Waals surface area (Å²) in [6, 6.07) is 8.31. The smallest absolute Gasteiger partial charge is 0.220 e. The number of carbonyl (C=O) groups is 1. The number of nitrogens with zero attached hydrogens (tertiary/aromatic N) is 1. The van der Waals surface area contributed by atoms with Crippen LogP contribution in [0.25, 0.3) is 0 Å². The van der Waals surface area contributed by atoms with Crippen LogP contribution in [-0.4, -0.2) is 51.1 Å². The molecule has 2 rings (SSSR count). The fraction of sp³-hybridized carbons (Fsp3) is 0.632. The zero-order chi connectivity index (χ0) is 17.2. The molecule has 1 aromatic rings. The molecule has 7 heteroatoms. The van der Waals surface area contributed by atoms with Crippen molar-refractivity contribution in [1.29, 1.82) is 0 Å². The number of carbonyl (C=O) groups excluding carboxylic acids is 1. The van der Waals surface area contributed by atoms with Crippen molar-refractivity contribution < 1.29 is 9.53 Å². The Balaban J connectivity index is 0.00000312. The highest BCUT2D eigenvalue weighted by Crippen LogP contribution is 2.19. The lowest BCUT2D eigenvalue weighted by atomic mass is 9.96. The predicted molar refractivity (Wildman–Crippen MR) is 112 cm³/mol. The van der Waals surface area contributed by atoms with Crippen molar-refractivity contribution in [2.75, 3.05) is 40.3 Å². The van der Waals surface area contributed by atoms with Gasteiger partial charge in [0.05, 0.1) is 7.11 Å². The maximum absolute atomic E-state index is 11.8. The van der Waals surface area contributed by atoms with Gasteiger partial charge in [-0.15, -0.1) is 24.8 Å². The van der Waals surface area contributed by atoms with Gasteiger partial charge in [-0.2, -0.15) is 0 Å². The molecule has 0 saturated carbocycles. The minimum absolute atomic E-state index is 0. The molecule has 5 nitrogen and oxygen atoms in total. The number of halogens is 2. The molecule has 0 bridgehead atoms. The lowest BCUT2D eigenvalue weighted by Crippen LogP contribution is -2.38. The summed E-state index contributed by atoms with van der Waals surface area (Å²) in [6.07, 6.45) is 3.85. The molecule has 1 heterocycles. The normalized spacial score (nSPS) is 14.8. The van der Waals surface area contributed by atoms with Gasteiger partial charge >= 0.3 is 0 Å². The van der Waals surface area contributed by atoms with E-state index in [2.05, 4.69) is 27.7 Å². The summed E-state index contributed by atoms with van der Waals surface area (Å²) in [5.41, 5.74) is 1.33. The van der Waals surface area contributed by atoms with Crippen LogP contribution < -0.4 is 15.4 Å². The van der Waals surface area contributed by atoms with Gasteiger partial charge in [-0.3, -0.25) is 9.69 Å². The first-order valence-corrected chi connectivity index (χ1v) is 8.98. The molecule has 0 unspecified atom stereocenters. The van der Waals surface area contributed by atoms with E-state index in [1.54, 1.807) is 7.11 Å². The number of piperidine rings is 1. The number of amides is 1. The van der Waals surface area contributed by atoms with Crippen LogP contribution in [0.2, 0.25) is 0 Å². The average Bonchev–Trinajstić information content (AvgIpc) is 2.62. The molecule has 0 radical (unpaired) electrons. The number of benzene rings is 1. The van der Waals surface area contributed by atoms with Crippen molar-refractivity contribution in [3.8, 4) is 5.75 Å². The van der Waals surface area contributed by atoms with Crippen molar-refractivity contribution in [1.82, 2.24) is 15.5 Å². The molecule has 0 aliphatic carbocycles. The zero-order valence-corrected chi connectivity index (χ0v) is 17.5. The summed E-state index contributed by atoms with van der Waals surface area (Å²) in [6.45, 7) is 4.93. The van der Waals surface area contributed by atoms with Crippen LogP contribution in [0, 0.1) is 5.92 Å². The molecule has 0 spiro atoms. The number of likely N-dealkylation sites (tertiary alicyclic amines) is 1. The van der Waals surface area contributed by atoms with Crippen LogP contribution in [0.15, 0.2) is 24.3 Å². The van der Waals surface area contributed by atoms with Gasteiger partial charge in [0.15, 0.2) is 0 Å². The molecule has 1 aliphatic rings. The molecule has 0 atom stereocenters. The monoisotopic (exact) mass is 405 g/mol. The largest absolute Gasteiger partial charge is 0.497 e. The fourth-order valence-corrected chi connectivity index (χ4v) is 3.11. The third-order valence-corrected chi connectivity index (χ3v) is 4.69. The molecular formula is C19H33Cl2N3O2. The Morgan fingerprint density at radius 1 is 1.19 bits per heavy atom. The highest BCUT2D eigenvalue weighted by Gasteiger charge is 2.19. The lowest BCUT2D eigenvalue weighted by molar-refractivity contribution is -0.121. The third-order valence-electron chi connectivity index (χ3n) is 4.69. The predicted octanol–water partition coefficient (Wildman–Crippen LogP) is 2.87. The molecule has 26 heavy (non-hydrogen) atoms. The summed E-state index contributed by atoms with van der Waals surface area (Å²) in [4.78, 5) is 14.3. The lowest BCUT2D eigenvalue weighted by Gasteiger charge is -2.32. The van der Waals surface area contributed by atoms with Gasteiger partial charge in [0, 0.05) is 19.5 Å². The van der Waals surface area contributed by atoms with Gasteiger partial charge in [-0.1, -0.05) is 12.1 Å². The molecule has 1 aromatic carbocycles. The van der Waals surface area contributed by atoms with Crippen molar-refractivity contribution in [2.45, 2.75) is 32.2 Å². The van der Waals surface area contributed by atoms with Crippen molar-refractivity contribution in [3.05, 3.63) is 29.8 Å². The molecule has 1 fully saturated rings. The highest BCUT2D eigenvalue weighted by molar-refractivity contribution is 5.85. The average molecular weight is 406 g/mol. The molecule has 0 aromatic heterocycles. The van der Waals surface area contributed by atoms with Crippen LogP contribution in [0.1, 0.15) is 31.2 Å². The molecule has 1 aliphatic heterocycles. The second-order valence-corrected chi connectivity index (χ2v) is 6.58. The maximum Gasteiger partial charge on any atom is 0.220 e. The van der Waals surface area contributed by atoms with Crippen LogP contribution in [0.5, 0.6) is 5.75 Å². The Morgan fingerprint density at radius 2 is 1.85 bits per heavy atom. The SMILES string of the molecule is CNCCCC(=O)NCC1CCN(Cc2ccc(OC)cc2)CC1.Cl.Cl. The number of hydrogen-bond acceptors (Lipinski definition) is 4. The Labute approximate surface area is 170 Å². The third kappa shape index (κ3) is 9.08. The van der Waals surface area contributed by atoms with Gasteiger partial charge in [0.2, 0.25) is 5.91 Å². The van der Waals surface area contributed by atoms with Gasteiger partial charge in [-0.25, -0.2) is 0 Å². The quantitative estimate of drug-likeness (QED) is 0.620. The van der Waals surface area contributed by atoms with E-state index in [9.17, 15) is 4.79 Å². The van der Waals surface area contributed by atoms with Crippen LogP contribution >= 0.6 is 24.8 Å². The van der Waals surface area contributed by atoms with E-state index in [1.165, 1.54) is 5.56 Å². The first-order valence-electron chi connectivity index (χ1n) is 8.98. The second-order valence-electron chi connectivity index (χ2n) is 6.58. The first-order chi connectivity index (χ1) is 11.7. The minimum Gasteiger partial charge on any atom is -0.497 e. The van der Waals surface area contributed by atoms with Gasteiger partial charge in [0.25, 0.3) is 0 Å². The van der Waals surface area contributed by atoms with Crippen LogP contribution in [-0.2, 0) is 11.3 Å². The molecule has 1 saturated heterocycles. The van der Waals surface area contributed by atoms with Crippen molar-refractivity contribution >= 4 is 30.7 Å². The zero-order valence-electron chi connectivity index (χ0n) is 15.8. The number of hydrogen-bond donors (Lipinski definition) is 2. The Bertz CT molecular complexity index is 492. The Kier molecular flexibility index (Phi) is 13.6. The Morgan fingerprint density at radius 3 is 2.42 bits per heavy atom. The molecule has 2 N–H and O–H groups in total. The van der Waals surface area contributed by atoms with Crippen molar-refractivity contribution in [3.63, 3.8) is 0 Å². The second kappa shape index (κ2) is 14.1. The highest BCUT2D eigenvalue weighted by atomic mass is 35.5. The summed E-state index contributed by atoms with van der Waals surface area (Å²) in [5.74, 6) is 1.71. The van der Waals surface area contributed by atoms with E-state index < -0.39 is 0 Å². The van der Waals surface area contributed by atoms with Crippen LogP contribution in [0.4, 0.5) is 0 Å². The Hall–Kier alpha value is -1.01. The van der Waals surface area contributed by atoms with E-state index in [0.717, 1.165) is 57.7 Å². The maximum atomic E-state index is 11.8. The summed E-state index contributed by atoms with van der Waals surface area (Å²) in [5, 5.41) is 6.16. The summed E-state index contributed by atoms with van der Waals surface area (Å²) < 4.78 is 5.20.